The monoisotopic (exact) mass is 437 g/mol. The second kappa shape index (κ2) is 6.17. The number of nitrogens with one attached hydrogen (secondary N) is 1. The first kappa shape index (κ1) is 14.7. The van der Waals surface area contributed by atoms with Crippen LogP contribution in [-0.4, -0.2) is 0 Å². The van der Waals surface area contributed by atoms with E-state index in [-0.39, 0.29) is 17.7 Å². The molecule has 5 heteroatoms. The lowest BCUT2D eigenvalue weighted by atomic mass is 10.1. The molecule has 0 aliphatic rings. The smallest absolute Gasteiger partial charge is 0.128 e. The maximum atomic E-state index is 13.8. The number of rotatable bonds is 3. The van der Waals surface area contributed by atoms with Gasteiger partial charge in [-0.15, -0.1) is 0 Å². The van der Waals surface area contributed by atoms with E-state index in [2.05, 4.69) is 21.2 Å². The van der Waals surface area contributed by atoms with Crippen molar-refractivity contribution in [2.24, 2.45) is 0 Å². The van der Waals surface area contributed by atoms with Crippen LogP contribution in [0, 0.1) is 15.2 Å². The Morgan fingerprint density at radius 2 is 1.89 bits per heavy atom. The van der Waals surface area contributed by atoms with Crippen molar-refractivity contribution in [2.75, 3.05) is 5.32 Å². The van der Waals surface area contributed by atoms with Gasteiger partial charge in [-0.2, -0.15) is 0 Å². The Morgan fingerprint density at radius 3 is 2.58 bits per heavy atom. The summed E-state index contributed by atoms with van der Waals surface area (Å²) in [5.74, 6) is -0.545. The average molecular weight is 438 g/mol. The van der Waals surface area contributed by atoms with Crippen molar-refractivity contribution < 1.29 is 8.78 Å². The highest BCUT2D eigenvalue weighted by molar-refractivity contribution is 14.1. The fourth-order valence-corrected chi connectivity index (χ4v) is 2.78. The van der Waals surface area contributed by atoms with Gasteiger partial charge in [-0.25, -0.2) is 8.78 Å². The van der Waals surface area contributed by atoms with E-state index in [1.807, 2.05) is 29.5 Å². The molecule has 0 fully saturated rings. The average Bonchev–Trinajstić information content (AvgIpc) is 2.35. The summed E-state index contributed by atoms with van der Waals surface area (Å²) in [4.78, 5) is 0. The van der Waals surface area contributed by atoms with Crippen molar-refractivity contribution in [1.29, 1.82) is 0 Å². The molecule has 0 aliphatic heterocycles. The molecule has 1 unspecified atom stereocenters. The Balaban J connectivity index is 2.25. The summed E-state index contributed by atoms with van der Waals surface area (Å²) in [7, 11) is 0. The van der Waals surface area contributed by atoms with Crippen molar-refractivity contribution in [3.63, 3.8) is 0 Å². The standard InChI is InChI=1S/C14H11BrF2IN/c1-8(11-6-9(15)2-4-12(11)17)19-14-5-3-10(16)7-13(14)18/h2-8,19H,1H3. The molecule has 0 saturated heterocycles. The molecule has 0 saturated carbocycles. The Morgan fingerprint density at radius 1 is 1.16 bits per heavy atom. The Kier molecular flexibility index (Phi) is 4.78. The summed E-state index contributed by atoms with van der Waals surface area (Å²) in [6, 6.07) is 9.09. The van der Waals surface area contributed by atoms with Crippen LogP contribution in [0.15, 0.2) is 40.9 Å². The van der Waals surface area contributed by atoms with Crippen LogP contribution >= 0.6 is 38.5 Å². The van der Waals surface area contributed by atoms with Gasteiger partial charge in [-0.05, 0) is 65.9 Å². The quantitative estimate of drug-likeness (QED) is 0.624. The zero-order chi connectivity index (χ0) is 14.0. The van der Waals surface area contributed by atoms with E-state index in [4.69, 9.17) is 0 Å². The van der Waals surface area contributed by atoms with Crippen LogP contribution in [0.4, 0.5) is 14.5 Å². The summed E-state index contributed by atoms with van der Waals surface area (Å²) in [6.45, 7) is 1.87. The zero-order valence-corrected chi connectivity index (χ0v) is 13.8. The van der Waals surface area contributed by atoms with E-state index in [1.54, 1.807) is 18.2 Å². The summed E-state index contributed by atoms with van der Waals surface area (Å²) < 4.78 is 28.4. The van der Waals surface area contributed by atoms with Gasteiger partial charge in [-0.1, -0.05) is 15.9 Å². The van der Waals surface area contributed by atoms with Crippen molar-refractivity contribution in [3.05, 3.63) is 61.6 Å². The molecule has 2 rings (SSSR count). The lowest BCUT2D eigenvalue weighted by Crippen LogP contribution is -2.09. The lowest BCUT2D eigenvalue weighted by Gasteiger charge is -2.18. The van der Waals surface area contributed by atoms with Gasteiger partial charge >= 0.3 is 0 Å². The summed E-state index contributed by atoms with van der Waals surface area (Å²) in [6.07, 6.45) is 0. The molecular weight excluding hydrogens is 427 g/mol. The van der Waals surface area contributed by atoms with Crippen molar-refractivity contribution in [3.8, 4) is 0 Å². The third-order valence-electron chi connectivity index (χ3n) is 2.73. The first-order chi connectivity index (χ1) is 8.97. The summed E-state index contributed by atoms with van der Waals surface area (Å²) >= 11 is 5.38. The number of hydrogen-bond donors (Lipinski definition) is 1. The highest BCUT2D eigenvalue weighted by atomic mass is 127. The molecule has 1 nitrogen and oxygen atoms in total. The van der Waals surface area contributed by atoms with E-state index in [0.717, 1.165) is 13.7 Å². The van der Waals surface area contributed by atoms with Crippen LogP contribution in [0.3, 0.4) is 0 Å². The van der Waals surface area contributed by atoms with Gasteiger partial charge in [0.1, 0.15) is 11.6 Å². The summed E-state index contributed by atoms with van der Waals surface area (Å²) in [5, 5.41) is 3.19. The Hall–Kier alpha value is -0.690. The van der Waals surface area contributed by atoms with E-state index in [1.165, 1.54) is 18.2 Å². The number of hydrogen-bond acceptors (Lipinski definition) is 1. The van der Waals surface area contributed by atoms with Gasteiger partial charge in [-0.3, -0.25) is 0 Å². The van der Waals surface area contributed by atoms with Crippen molar-refractivity contribution in [1.82, 2.24) is 0 Å². The predicted octanol–water partition coefficient (Wildman–Crippen LogP) is 5.51. The normalized spacial score (nSPS) is 12.3. The molecule has 2 aromatic rings. The predicted molar refractivity (Wildman–Crippen MR) is 85.3 cm³/mol. The highest BCUT2D eigenvalue weighted by Gasteiger charge is 2.12. The molecule has 1 atom stereocenters. The van der Waals surface area contributed by atoms with E-state index in [0.29, 0.717) is 5.56 Å². The molecule has 0 amide bonds. The minimum absolute atomic E-state index is 0.212. The molecule has 2 aromatic carbocycles. The van der Waals surface area contributed by atoms with Crippen LogP contribution in [0.1, 0.15) is 18.5 Å². The van der Waals surface area contributed by atoms with Crippen LogP contribution in [0.25, 0.3) is 0 Å². The van der Waals surface area contributed by atoms with Gasteiger partial charge in [0, 0.05) is 19.3 Å². The van der Waals surface area contributed by atoms with Gasteiger partial charge in [0.25, 0.3) is 0 Å². The minimum Gasteiger partial charge on any atom is -0.378 e. The third-order valence-corrected chi connectivity index (χ3v) is 4.11. The van der Waals surface area contributed by atoms with Gasteiger partial charge in [0.2, 0.25) is 0 Å². The fraction of sp³-hybridized carbons (Fsp3) is 0.143. The second-order valence-electron chi connectivity index (χ2n) is 4.16. The van der Waals surface area contributed by atoms with Crippen LogP contribution < -0.4 is 5.32 Å². The molecule has 0 aliphatic carbocycles. The number of anilines is 1. The highest BCUT2D eigenvalue weighted by Crippen LogP contribution is 2.27. The molecule has 19 heavy (non-hydrogen) atoms. The van der Waals surface area contributed by atoms with Crippen LogP contribution in [-0.2, 0) is 0 Å². The first-order valence-electron chi connectivity index (χ1n) is 5.64. The molecule has 0 heterocycles. The van der Waals surface area contributed by atoms with Gasteiger partial charge in [0.15, 0.2) is 0 Å². The zero-order valence-electron chi connectivity index (χ0n) is 10.1. The molecule has 0 aromatic heterocycles. The maximum Gasteiger partial charge on any atom is 0.128 e. The lowest BCUT2D eigenvalue weighted by molar-refractivity contribution is 0.599. The second-order valence-corrected chi connectivity index (χ2v) is 6.23. The molecular formula is C14H11BrF2IN. The molecule has 0 bridgehead atoms. The van der Waals surface area contributed by atoms with E-state index < -0.39 is 0 Å². The maximum absolute atomic E-state index is 13.8. The molecule has 100 valence electrons. The third kappa shape index (κ3) is 3.66. The minimum atomic E-state index is -0.281. The Bertz CT molecular complexity index is 604. The van der Waals surface area contributed by atoms with Crippen molar-refractivity contribution in [2.45, 2.75) is 13.0 Å². The Labute approximate surface area is 132 Å². The molecule has 1 N–H and O–H groups in total. The molecule has 0 radical (unpaired) electrons. The fourth-order valence-electron chi connectivity index (χ4n) is 1.76. The van der Waals surface area contributed by atoms with E-state index >= 15 is 0 Å². The molecule has 0 spiro atoms. The van der Waals surface area contributed by atoms with E-state index in [9.17, 15) is 8.78 Å². The first-order valence-corrected chi connectivity index (χ1v) is 7.51. The number of benzene rings is 2. The SMILES string of the molecule is CC(Nc1ccc(F)cc1I)c1cc(Br)ccc1F. The summed E-state index contributed by atoms with van der Waals surface area (Å²) in [5.41, 5.74) is 1.35. The van der Waals surface area contributed by atoms with Gasteiger partial charge < -0.3 is 5.32 Å². The van der Waals surface area contributed by atoms with Crippen LogP contribution in [0.5, 0.6) is 0 Å². The number of halogens is 4. The van der Waals surface area contributed by atoms with Gasteiger partial charge in [0.05, 0.1) is 6.04 Å². The largest absolute Gasteiger partial charge is 0.378 e. The topological polar surface area (TPSA) is 12.0 Å². The van der Waals surface area contributed by atoms with Crippen LogP contribution in [0.2, 0.25) is 0 Å². The van der Waals surface area contributed by atoms with Crippen molar-refractivity contribution >= 4 is 44.2 Å².